The highest BCUT2D eigenvalue weighted by Crippen LogP contribution is 2.21. The maximum atomic E-state index is 12.1. The van der Waals surface area contributed by atoms with Crippen LogP contribution in [-0.2, 0) is 11.8 Å². The molecule has 1 fully saturated rings. The number of nitrogens with one attached hydrogen (secondary N) is 1. The highest BCUT2D eigenvalue weighted by Gasteiger charge is 2.21. The summed E-state index contributed by atoms with van der Waals surface area (Å²) in [6.45, 7) is 4.47. The molecule has 1 saturated heterocycles. The van der Waals surface area contributed by atoms with Crippen LogP contribution in [0.5, 0.6) is 0 Å². The molecule has 0 unspecified atom stereocenters. The minimum absolute atomic E-state index is 0.0735. The lowest BCUT2D eigenvalue weighted by molar-refractivity contribution is -0.122. The van der Waals surface area contributed by atoms with Gasteiger partial charge in [-0.1, -0.05) is 0 Å². The summed E-state index contributed by atoms with van der Waals surface area (Å²) in [4.78, 5) is 30.1. The largest absolute Gasteiger partial charge is 0.370 e. The molecule has 3 rings (SSSR count). The Hall–Kier alpha value is -2.64. The van der Waals surface area contributed by atoms with E-state index >= 15 is 0 Å². The van der Waals surface area contributed by atoms with Gasteiger partial charge in [-0.25, -0.2) is 9.67 Å². The predicted octanol–water partition coefficient (Wildman–Crippen LogP) is 0.961. The van der Waals surface area contributed by atoms with Crippen molar-refractivity contribution in [2.45, 2.75) is 32.2 Å². The van der Waals surface area contributed by atoms with E-state index in [1.54, 1.807) is 31.8 Å². The Morgan fingerprint density at radius 2 is 2.15 bits per heavy atom. The highest BCUT2D eigenvalue weighted by molar-refractivity contribution is 5.76. The summed E-state index contributed by atoms with van der Waals surface area (Å²) in [6, 6.07) is 1.74. The van der Waals surface area contributed by atoms with Crippen molar-refractivity contribution in [1.29, 1.82) is 0 Å². The Bertz CT molecular complexity index is 777. The van der Waals surface area contributed by atoms with Crippen LogP contribution >= 0.6 is 0 Å². The summed E-state index contributed by atoms with van der Waals surface area (Å²) in [6.07, 6.45) is 9.51. The van der Waals surface area contributed by atoms with Crippen molar-refractivity contribution < 1.29 is 4.79 Å². The molecular weight excluding hydrogens is 332 g/mol. The molecule has 0 radical (unpaired) electrons. The minimum Gasteiger partial charge on any atom is -0.370 e. The van der Waals surface area contributed by atoms with Crippen molar-refractivity contribution >= 4 is 11.6 Å². The molecule has 0 bridgehead atoms. The van der Waals surface area contributed by atoms with Crippen molar-refractivity contribution in [2.75, 3.05) is 24.5 Å². The van der Waals surface area contributed by atoms with Gasteiger partial charge in [-0.2, -0.15) is 5.10 Å². The third kappa shape index (κ3) is 4.50. The van der Waals surface area contributed by atoms with Gasteiger partial charge in [0.25, 0.3) is 5.56 Å². The summed E-state index contributed by atoms with van der Waals surface area (Å²) in [7, 11) is 1.65. The van der Waals surface area contributed by atoms with Gasteiger partial charge in [0, 0.05) is 57.6 Å². The average Bonchev–Trinajstić information content (AvgIpc) is 3.18. The topological polar surface area (TPSA) is 85.0 Å². The first-order valence-corrected chi connectivity index (χ1v) is 9.05. The lowest BCUT2D eigenvalue weighted by Gasteiger charge is -2.33. The maximum absolute atomic E-state index is 12.1. The lowest BCUT2D eigenvalue weighted by atomic mass is 9.96. The van der Waals surface area contributed by atoms with E-state index < -0.39 is 0 Å². The zero-order valence-corrected chi connectivity index (χ0v) is 15.3. The van der Waals surface area contributed by atoms with E-state index in [-0.39, 0.29) is 17.5 Å². The second-order valence-electron chi connectivity index (χ2n) is 6.97. The molecule has 1 amide bonds. The first-order valence-electron chi connectivity index (χ1n) is 9.05. The molecular formula is C18H26N6O2. The first-order chi connectivity index (χ1) is 12.5. The van der Waals surface area contributed by atoms with Crippen LogP contribution < -0.4 is 15.8 Å². The van der Waals surface area contributed by atoms with Gasteiger partial charge in [0.05, 0.1) is 18.2 Å². The number of hydrogen-bond donors (Lipinski definition) is 1. The van der Waals surface area contributed by atoms with Gasteiger partial charge < -0.3 is 14.8 Å². The standard InChI is InChI=1S/C18H26N6O2/c1-14(24-8-5-19-13-24)9-17(25)20-11-15-3-6-23(7-4-15)16-10-18(26)22(2)21-12-16/h5,8,10,12-15H,3-4,6-7,9,11H2,1-2H3,(H,20,25)/t14-/m1/s1. The number of imidazole rings is 1. The van der Waals surface area contributed by atoms with Crippen LogP contribution in [0.25, 0.3) is 0 Å². The lowest BCUT2D eigenvalue weighted by Crippen LogP contribution is -2.39. The zero-order valence-electron chi connectivity index (χ0n) is 15.3. The van der Waals surface area contributed by atoms with E-state index in [1.165, 1.54) is 4.68 Å². The van der Waals surface area contributed by atoms with Crippen LogP contribution in [0.15, 0.2) is 35.8 Å². The van der Waals surface area contributed by atoms with Crippen LogP contribution in [0.3, 0.4) is 0 Å². The van der Waals surface area contributed by atoms with Gasteiger partial charge in [0.2, 0.25) is 5.91 Å². The van der Waals surface area contributed by atoms with Crippen molar-refractivity contribution in [3.63, 3.8) is 0 Å². The molecule has 1 atom stereocenters. The van der Waals surface area contributed by atoms with E-state index in [2.05, 4.69) is 20.3 Å². The Balaban J connectivity index is 1.42. The highest BCUT2D eigenvalue weighted by atomic mass is 16.1. The molecule has 26 heavy (non-hydrogen) atoms. The molecule has 8 nitrogen and oxygen atoms in total. The van der Waals surface area contributed by atoms with Crippen LogP contribution in [0, 0.1) is 5.92 Å². The van der Waals surface area contributed by atoms with Gasteiger partial charge in [-0.15, -0.1) is 0 Å². The molecule has 8 heteroatoms. The fourth-order valence-corrected chi connectivity index (χ4v) is 3.26. The fraction of sp³-hybridized carbons (Fsp3) is 0.556. The normalized spacial score (nSPS) is 16.5. The molecule has 1 N–H and O–H groups in total. The number of amides is 1. The summed E-state index contributed by atoms with van der Waals surface area (Å²) < 4.78 is 3.27. The Morgan fingerprint density at radius 1 is 1.38 bits per heavy atom. The third-order valence-electron chi connectivity index (χ3n) is 5.04. The predicted molar refractivity (Wildman–Crippen MR) is 99.0 cm³/mol. The molecule has 2 aromatic heterocycles. The molecule has 0 aliphatic carbocycles. The third-order valence-corrected chi connectivity index (χ3v) is 5.04. The van der Waals surface area contributed by atoms with E-state index in [9.17, 15) is 9.59 Å². The van der Waals surface area contributed by atoms with E-state index in [0.29, 0.717) is 18.9 Å². The van der Waals surface area contributed by atoms with Gasteiger partial charge in [0.15, 0.2) is 0 Å². The second-order valence-corrected chi connectivity index (χ2v) is 6.97. The van der Waals surface area contributed by atoms with Crippen LogP contribution in [-0.4, -0.2) is 44.9 Å². The summed E-state index contributed by atoms with van der Waals surface area (Å²) in [5, 5.41) is 7.14. The summed E-state index contributed by atoms with van der Waals surface area (Å²) in [5.74, 6) is 0.544. The average molecular weight is 358 g/mol. The molecule has 1 aliphatic heterocycles. The fourth-order valence-electron chi connectivity index (χ4n) is 3.26. The molecule has 3 heterocycles. The molecule has 0 aromatic carbocycles. The number of carbonyl (C=O) groups excluding carboxylic acids is 1. The SMILES string of the molecule is C[C@H](CC(=O)NCC1CCN(c2cnn(C)c(=O)c2)CC1)n1ccnc1. The van der Waals surface area contributed by atoms with E-state index in [4.69, 9.17) is 0 Å². The molecule has 140 valence electrons. The number of piperidine rings is 1. The molecule has 1 aliphatic rings. The molecule has 2 aromatic rings. The Kier molecular flexibility index (Phi) is 5.70. The van der Waals surface area contributed by atoms with Crippen molar-refractivity contribution in [3.05, 3.63) is 41.3 Å². The molecule has 0 spiro atoms. The zero-order chi connectivity index (χ0) is 18.5. The van der Waals surface area contributed by atoms with Crippen LogP contribution in [0.4, 0.5) is 5.69 Å². The summed E-state index contributed by atoms with van der Waals surface area (Å²) in [5.41, 5.74) is 0.786. The van der Waals surface area contributed by atoms with E-state index in [0.717, 1.165) is 31.6 Å². The number of nitrogens with zero attached hydrogens (tertiary/aromatic N) is 5. The number of rotatable bonds is 6. The van der Waals surface area contributed by atoms with Crippen LogP contribution in [0.1, 0.15) is 32.2 Å². The van der Waals surface area contributed by atoms with Gasteiger partial charge in [0.1, 0.15) is 0 Å². The number of hydrogen-bond acceptors (Lipinski definition) is 5. The van der Waals surface area contributed by atoms with Crippen molar-refractivity contribution in [3.8, 4) is 0 Å². The van der Waals surface area contributed by atoms with E-state index in [1.807, 2.05) is 17.7 Å². The number of aryl methyl sites for hydroxylation is 1. The van der Waals surface area contributed by atoms with Crippen molar-refractivity contribution in [2.24, 2.45) is 13.0 Å². The van der Waals surface area contributed by atoms with Gasteiger partial charge >= 0.3 is 0 Å². The monoisotopic (exact) mass is 358 g/mol. The van der Waals surface area contributed by atoms with Crippen molar-refractivity contribution in [1.82, 2.24) is 24.6 Å². The quantitative estimate of drug-likeness (QED) is 0.831. The Labute approximate surface area is 152 Å². The maximum Gasteiger partial charge on any atom is 0.268 e. The minimum atomic E-state index is -0.0936. The summed E-state index contributed by atoms with van der Waals surface area (Å²) >= 11 is 0. The van der Waals surface area contributed by atoms with Crippen LogP contribution in [0.2, 0.25) is 0 Å². The molecule has 0 saturated carbocycles. The van der Waals surface area contributed by atoms with Gasteiger partial charge in [-0.3, -0.25) is 9.59 Å². The number of anilines is 1. The first kappa shape index (κ1) is 18.2. The number of carbonyl (C=O) groups is 1. The number of aromatic nitrogens is 4. The second kappa shape index (κ2) is 8.16. The van der Waals surface area contributed by atoms with Gasteiger partial charge in [-0.05, 0) is 25.7 Å². The Morgan fingerprint density at radius 3 is 2.81 bits per heavy atom. The smallest absolute Gasteiger partial charge is 0.268 e.